The summed E-state index contributed by atoms with van der Waals surface area (Å²) in [7, 11) is 0. The molecule has 0 aromatic rings. The number of rotatable bonds is 1. The molecular weight excluding hydrogens is 242 g/mol. The second-order valence-electron chi connectivity index (χ2n) is 4.62. The third kappa shape index (κ3) is 5.59. The SMILES string of the molecule is C1=CC=C(C2CCOCCOCCOCC2)NC=C1. The third-order valence-electron chi connectivity index (χ3n) is 3.25. The lowest BCUT2D eigenvalue weighted by atomic mass is 9.97. The van der Waals surface area contributed by atoms with Crippen LogP contribution in [0.2, 0.25) is 0 Å². The zero-order valence-corrected chi connectivity index (χ0v) is 11.3. The maximum absolute atomic E-state index is 5.60. The van der Waals surface area contributed by atoms with Gasteiger partial charge in [0.15, 0.2) is 0 Å². The average molecular weight is 265 g/mol. The first kappa shape index (κ1) is 14.3. The van der Waals surface area contributed by atoms with Crippen LogP contribution in [0.1, 0.15) is 12.8 Å². The second-order valence-corrected chi connectivity index (χ2v) is 4.62. The van der Waals surface area contributed by atoms with E-state index in [9.17, 15) is 0 Å². The Labute approximate surface area is 115 Å². The van der Waals surface area contributed by atoms with Gasteiger partial charge in [0.1, 0.15) is 0 Å². The van der Waals surface area contributed by atoms with Gasteiger partial charge in [-0.2, -0.15) is 0 Å². The Morgan fingerprint density at radius 3 is 2.11 bits per heavy atom. The highest BCUT2D eigenvalue weighted by atomic mass is 16.5. The number of hydrogen-bond donors (Lipinski definition) is 1. The topological polar surface area (TPSA) is 39.7 Å². The van der Waals surface area contributed by atoms with E-state index in [1.54, 1.807) is 0 Å². The molecule has 0 saturated carbocycles. The van der Waals surface area contributed by atoms with Crippen molar-refractivity contribution in [2.45, 2.75) is 12.8 Å². The van der Waals surface area contributed by atoms with Gasteiger partial charge in [-0.25, -0.2) is 0 Å². The molecule has 2 rings (SSSR count). The van der Waals surface area contributed by atoms with Crippen LogP contribution in [-0.2, 0) is 14.2 Å². The molecule has 0 aliphatic carbocycles. The van der Waals surface area contributed by atoms with E-state index in [2.05, 4.69) is 17.5 Å². The van der Waals surface area contributed by atoms with Crippen LogP contribution in [0.3, 0.4) is 0 Å². The van der Waals surface area contributed by atoms with Crippen LogP contribution in [0.25, 0.3) is 0 Å². The summed E-state index contributed by atoms with van der Waals surface area (Å²) in [5.74, 6) is 0.452. The van der Waals surface area contributed by atoms with Gasteiger partial charge in [0.2, 0.25) is 0 Å². The highest BCUT2D eigenvalue weighted by Gasteiger charge is 2.14. The van der Waals surface area contributed by atoms with E-state index in [1.807, 2.05) is 18.4 Å². The van der Waals surface area contributed by atoms with E-state index >= 15 is 0 Å². The lowest BCUT2D eigenvalue weighted by molar-refractivity contribution is 0.00247. The van der Waals surface area contributed by atoms with E-state index in [1.165, 1.54) is 5.70 Å². The maximum atomic E-state index is 5.60. The smallest absolute Gasteiger partial charge is 0.0701 e. The van der Waals surface area contributed by atoms with Crippen molar-refractivity contribution in [3.63, 3.8) is 0 Å². The Morgan fingerprint density at radius 1 is 0.789 bits per heavy atom. The van der Waals surface area contributed by atoms with Crippen molar-refractivity contribution in [3.05, 3.63) is 36.2 Å². The summed E-state index contributed by atoms with van der Waals surface area (Å²) in [5, 5.41) is 3.35. The molecule has 0 bridgehead atoms. The van der Waals surface area contributed by atoms with Crippen LogP contribution in [0.15, 0.2) is 36.2 Å². The van der Waals surface area contributed by atoms with Crippen molar-refractivity contribution in [1.29, 1.82) is 0 Å². The molecule has 1 N–H and O–H groups in total. The summed E-state index contributed by atoms with van der Waals surface area (Å²) in [6.07, 6.45) is 12.2. The quantitative estimate of drug-likeness (QED) is 0.787. The molecule has 0 unspecified atom stereocenters. The lowest BCUT2D eigenvalue weighted by Gasteiger charge is -2.21. The van der Waals surface area contributed by atoms with E-state index < -0.39 is 0 Å². The van der Waals surface area contributed by atoms with Crippen LogP contribution in [0, 0.1) is 5.92 Å². The third-order valence-corrected chi connectivity index (χ3v) is 3.25. The van der Waals surface area contributed by atoms with E-state index in [0.29, 0.717) is 32.3 Å². The fourth-order valence-electron chi connectivity index (χ4n) is 2.17. The van der Waals surface area contributed by atoms with Gasteiger partial charge in [-0.15, -0.1) is 0 Å². The molecule has 0 atom stereocenters. The predicted molar refractivity (Wildman–Crippen MR) is 74.7 cm³/mol. The summed E-state index contributed by atoms with van der Waals surface area (Å²) >= 11 is 0. The van der Waals surface area contributed by atoms with Crippen molar-refractivity contribution in [1.82, 2.24) is 5.32 Å². The molecule has 0 radical (unpaired) electrons. The van der Waals surface area contributed by atoms with Crippen LogP contribution >= 0.6 is 0 Å². The van der Waals surface area contributed by atoms with Crippen molar-refractivity contribution in [2.24, 2.45) is 5.92 Å². The Morgan fingerprint density at radius 2 is 1.42 bits per heavy atom. The van der Waals surface area contributed by atoms with Crippen LogP contribution in [0.5, 0.6) is 0 Å². The van der Waals surface area contributed by atoms with Gasteiger partial charge in [0.05, 0.1) is 26.4 Å². The second kappa shape index (κ2) is 8.91. The first-order valence-electron chi connectivity index (χ1n) is 7.00. The zero-order valence-electron chi connectivity index (χ0n) is 11.3. The molecule has 0 aromatic carbocycles. The van der Waals surface area contributed by atoms with E-state index in [0.717, 1.165) is 26.1 Å². The number of allylic oxidation sites excluding steroid dienone is 5. The molecule has 2 aliphatic rings. The molecule has 0 aromatic heterocycles. The summed E-state index contributed by atoms with van der Waals surface area (Å²) in [4.78, 5) is 0. The minimum absolute atomic E-state index is 0.452. The van der Waals surface area contributed by atoms with Gasteiger partial charge in [0, 0.05) is 31.0 Å². The molecule has 0 amide bonds. The van der Waals surface area contributed by atoms with E-state index in [4.69, 9.17) is 14.2 Å². The van der Waals surface area contributed by atoms with Crippen LogP contribution < -0.4 is 5.32 Å². The van der Waals surface area contributed by atoms with Crippen molar-refractivity contribution < 1.29 is 14.2 Å². The number of ether oxygens (including phenoxy) is 3. The lowest BCUT2D eigenvalue weighted by Crippen LogP contribution is -2.21. The van der Waals surface area contributed by atoms with Gasteiger partial charge >= 0.3 is 0 Å². The molecule has 2 heterocycles. The summed E-state index contributed by atoms with van der Waals surface area (Å²) in [5.41, 5.74) is 1.24. The Bertz CT molecular complexity index is 324. The normalized spacial score (nSPS) is 23.7. The van der Waals surface area contributed by atoms with Crippen LogP contribution in [0.4, 0.5) is 0 Å². The van der Waals surface area contributed by atoms with Gasteiger partial charge in [0.25, 0.3) is 0 Å². The molecule has 1 fully saturated rings. The first-order valence-corrected chi connectivity index (χ1v) is 7.00. The predicted octanol–water partition coefficient (Wildman–Crippen LogP) is 2.00. The van der Waals surface area contributed by atoms with Gasteiger partial charge < -0.3 is 19.5 Å². The zero-order chi connectivity index (χ0) is 13.2. The fourth-order valence-corrected chi connectivity index (χ4v) is 2.17. The standard InChI is InChI=1S/C15H23NO3/c1-2-4-15(16-7-3-1)14-5-8-17-10-12-19-13-11-18-9-6-14/h1-4,7,14,16H,5-6,8-13H2. The summed E-state index contributed by atoms with van der Waals surface area (Å²) in [6, 6.07) is 0. The van der Waals surface area contributed by atoms with Crippen LogP contribution in [-0.4, -0.2) is 39.6 Å². The highest BCUT2D eigenvalue weighted by Crippen LogP contribution is 2.19. The molecular formula is C15H23NO3. The molecule has 1 saturated heterocycles. The Hall–Kier alpha value is -1.10. The Kier molecular flexibility index (Phi) is 6.71. The average Bonchev–Trinajstić information content (AvgIpc) is 2.68. The molecule has 0 spiro atoms. The van der Waals surface area contributed by atoms with Gasteiger partial charge in [-0.05, 0) is 25.0 Å². The Balaban J connectivity index is 1.89. The minimum atomic E-state index is 0.452. The highest BCUT2D eigenvalue weighted by molar-refractivity contribution is 5.22. The van der Waals surface area contributed by atoms with Crippen molar-refractivity contribution >= 4 is 0 Å². The van der Waals surface area contributed by atoms with E-state index in [-0.39, 0.29) is 0 Å². The van der Waals surface area contributed by atoms with Crippen molar-refractivity contribution in [3.8, 4) is 0 Å². The first-order chi connectivity index (χ1) is 9.47. The molecule has 4 nitrogen and oxygen atoms in total. The molecule has 106 valence electrons. The summed E-state index contributed by atoms with van der Waals surface area (Å²) < 4.78 is 16.6. The van der Waals surface area contributed by atoms with Gasteiger partial charge in [-0.3, -0.25) is 0 Å². The fraction of sp³-hybridized carbons (Fsp3) is 0.600. The van der Waals surface area contributed by atoms with Crippen molar-refractivity contribution in [2.75, 3.05) is 39.6 Å². The number of nitrogens with one attached hydrogen (secondary N) is 1. The minimum Gasteiger partial charge on any atom is -0.379 e. The maximum Gasteiger partial charge on any atom is 0.0701 e. The largest absolute Gasteiger partial charge is 0.379 e. The molecule has 2 aliphatic heterocycles. The monoisotopic (exact) mass is 265 g/mol. The van der Waals surface area contributed by atoms with Gasteiger partial charge in [-0.1, -0.05) is 12.2 Å². The summed E-state index contributed by atoms with van der Waals surface area (Å²) in [6.45, 7) is 4.17. The number of hydrogen-bond acceptors (Lipinski definition) is 4. The molecule has 19 heavy (non-hydrogen) atoms. The molecule has 4 heteroatoms.